The Labute approximate surface area is 222 Å². The highest BCUT2D eigenvalue weighted by Gasteiger charge is 2.40. The Hall–Kier alpha value is -3.79. The summed E-state index contributed by atoms with van der Waals surface area (Å²) in [5, 5.41) is 19.7. The van der Waals surface area contributed by atoms with E-state index in [9.17, 15) is 28.6 Å². The van der Waals surface area contributed by atoms with Crippen LogP contribution in [0.25, 0.3) is 0 Å². The van der Waals surface area contributed by atoms with E-state index in [1.807, 2.05) is 0 Å². The third-order valence-electron chi connectivity index (χ3n) is 5.82. The van der Waals surface area contributed by atoms with E-state index in [4.69, 9.17) is 23.2 Å². The molecule has 2 atom stereocenters. The van der Waals surface area contributed by atoms with Crippen LogP contribution >= 0.6 is 23.2 Å². The van der Waals surface area contributed by atoms with Crippen molar-refractivity contribution in [3.8, 4) is 0 Å². The van der Waals surface area contributed by atoms with Crippen LogP contribution in [0.3, 0.4) is 0 Å². The molecule has 0 saturated carbocycles. The van der Waals surface area contributed by atoms with Crippen molar-refractivity contribution in [3.05, 3.63) is 150 Å². The van der Waals surface area contributed by atoms with E-state index in [0.29, 0.717) is 11.1 Å². The predicted molar refractivity (Wildman–Crippen MR) is 142 cm³/mol. The first-order chi connectivity index (χ1) is 17.6. The summed E-state index contributed by atoms with van der Waals surface area (Å²) in [6.45, 7) is 0. The lowest BCUT2D eigenvalue weighted by Crippen LogP contribution is -2.24. The molecule has 11 heteroatoms. The highest BCUT2D eigenvalue weighted by molar-refractivity contribution is 7.92. The van der Waals surface area contributed by atoms with Gasteiger partial charge in [0.2, 0.25) is 0 Å². The van der Waals surface area contributed by atoms with Crippen molar-refractivity contribution in [1.82, 2.24) is 0 Å². The summed E-state index contributed by atoms with van der Waals surface area (Å²) < 4.78 is 29.2. The summed E-state index contributed by atoms with van der Waals surface area (Å²) in [7, 11) is -4.30. The summed E-state index contributed by atoms with van der Waals surface area (Å²) in [5.74, 6) is 0. The van der Waals surface area contributed by atoms with Gasteiger partial charge in [-0.2, -0.15) is 0 Å². The van der Waals surface area contributed by atoms with Gasteiger partial charge < -0.3 is 0 Å². The third-order valence-corrected chi connectivity index (χ3v) is 8.84. The van der Waals surface area contributed by atoms with Crippen molar-refractivity contribution < 1.29 is 18.3 Å². The van der Waals surface area contributed by atoms with E-state index in [1.165, 1.54) is 24.3 Å². The van der Waals surface area contributed by atoms with Crippen LogP contribution in [0.4, 0.5) is 11.4 Å². The molecular formula is C26H18Cl2N2O6S. The van der Waals surface area contributed by atoms with Crippen molar-refractivity contribution in [2.24, 2.45) is 0 Å². The van der Waals surface area contributed by atoms with Crippen molar-refractivity contribution in [2.75, 3.05) is 0 Å². The fourth-order valence-electron chi connectivity index (χ4n) is 4.17. The van der Waals surface area contributed by atoms with E-state index in [0.717, 1.165) is 12.1 Å². The van der Waals surface area contributed by atoms with Gasteiger partial charge in [0, 0.05) is 24.3 Å². The lowest BCUT2D eigenvalue weighted by Gasteiger charge is -2.27. The van der Waals surface area contributed by atoms with Gasteiger partial charge in [-0.3, -0.25) is 20.2 Å². The molecule has 0 bridgehead atoms. The fraction of sp³-hybridized carbons (Fsp3) is 0.0769. The molecule has 2 unspecified atom stereocenters. The van der Waals surface area contributed by atoms with Crippen LogP contribution in [-0.4, -0.2) is 18.3 Å². The van der Waals surface area contributed by atoms with Gasteiger partial charge in [-0.25, -0.2) is 8.42 Å². The number of benzene rings is 4. The van der Waals surface area contributed by atoms with Crippen molar-refractivity contribution in [1.29, 1.82) is 0 Å². The van der Waals surface area contributed by atoms with Crippen LogP contribution in [0.15, 0.2) is 97.1 Å². The quantitative estimate of drug-likeness (QED) is 0.168. The minimum absolute atomic E-state index is 0.0896. The number of sulfone groups is 1. The number of nitro benzene ring substituents is 2. The zero-order valence-corrected chi connectivity index (χ0v) is 21.2. The molecule has 0 fully saturated rings. The average molecular weight is 557 g/mol. The number of hydrogen-bond donors (Lipinski definition) is 0. The Kier molecular flexibility index (Phi) is 7.58. The Bertz CT molecular complexity index is 1470. The van der Waals surface area contributed by atoms with E-state index >= 15 is 0 Å². The van der Waals surface area contributed by atoms with Crippen LogP contribution in [0.5, 0.6) is 0 Å². The number of non-ortho nitro benzene ring substituents is 2. The lowest BCUT2D eigenvalue weighted by molar-refractivity contribution is -0.385. The van der Waals surface area contributed by atoms with E-state index in [2.05, 4.69) is 0 Å². The molecule has 0 aliphatic carbocycles. The zero-order chi connectivity index (χ0) is 26.7. The fourth-order valence-corrected chi connectivity index (χ4v) is 7.33. The second-order valence-corrected chi connectivity index (χ2v) is 11.0. The molecule has 4 aromatic carbocycles. The first-order valence-electron chi connectivity index (χ1n) is 10.8. The van der Waals surface area contributed by atoms with E-state index in [-0.39, 0.29) is 32.5 Å². The van der Waals surface area contributed by atoms with Crippen LogP contribution in [0, 0.1) is 20.2 Å². The summed E-state index contributed by atoms with van der Waals surface area (Å²) in [6.07, 6.45) is 0. The van der Waals surface area contributed by atoms with Crippen LogP contribution < -0.4 is 0 Å². The topological polar surface area (TPSA) is 120 Å². The van der Waals surface area contributed by atoms with Crippen LogP contribution in [0.2, 0.25) is 10.0 Å². The van der Waals surface area contributed by atoms with Gasteiger partial charge >= 0.3 is 0 Å². The summed E-state index contributed by atoms with van der Waals surface area (Å²) in [5.41, 5.74) is 0.510. The Balaban J connectivity index is 2.00. The zero-order valence-electron chi connectivity index (χ0n) is 18.9. The molecule has 0 amide bonds. The van der Waals surface area contributed by atoms with Gasteiger partial charge in [0.15, 0.2) is 9.84 Å². The first-order valence-corrected chi connectivity index (χ1v) is 13.2. The predicted octanol–water partition coefficient (Wildman–Crippen LogP) is 7.10. The molecule has 0 heterocycles. The van der Waals surface area contributed by atoms with Gasteiger partial charge in [-0.1, -0.05) is 83.9 Å². The van der Waals surface area contributed by atoms with Crippen molar-refractivity contribution in [3.63, 3.8) is 0 Å². The Morgan fingerprint density at radius 3 is 1.24 bits per heavy atom. The number of nitrogens with zero attached hydrogens (tertiary/aromatic N) is 2. The largest absolute Gasteiger partial charge is 0.270 e. The number of hydrogen-bond acceptors (Lipinski definition) is 6. The first kappa shape index (κ1) is 26.3. The molecule has 0 spiro atoms. The molecule has 37 heavy (non-hydrogen) atoms. The van der Waals surface area contributed by atoms with Gasteiger partial charge in [0.05, 0.1) is 19.9 Å². The molecule has 4 rings (SSSR count). The minimum Gasteiger partial charge on any atom is -0.258 e. The molecule has 4 aromatic rings. The summed E-state index contributed by atoms with van der Waals surface area (Å²) >= 11 is 12.9. The normalized spacial score (nSPS) is 13.0. The maximum atomic E-state index is 14.6. The molecule has 8 nitrogen and oxygen atoms in total. The van der Waals surface area contributed by atoms with Gasteiger partial charge in [0.1, 0.15) is 10.5 Å². The van der Waals surface area contributed by atoms with Gasteiger partial charge in [-0.15, -0.1) is 0 Å². The number of rotatable bonds is 8. The molecule has 0 aliphatic heterocycles. The summed E-state index contributed by atoms with van der Waals surface area (Å²) in [6, 6.07) is 23.9. The average Bonchev–Trinajstić information content (AvgIpc) is 2.87. The molecule has 0 N–H and O–H groups in total. The summed E-state index contributed by atoms with van der Waals surface area (Å²) in [4.78, 5) is 21.3. The number of halogens is 2. The molecular weight excluding hydrogens is 539 g/mol. The van der Waals surface area contributed by atoms with Gasteiger partial charge in [-0.05, 0) is 34.4 Å². The maximum Gasteiger partial charge on any atom is 0.270 e. The van der Waals surface area contributed by atoms with Crippen molar-refractivity contribution in [2.45, 2.75) is 10.5 Å². The lowest BCUT2D eigenvalue weighted by atomic mass is 10.0. The molecule has 0 radical (unpaired) electrons. The maximum absolute atomic E-state index is 14.6. The monoisotopic (exact) mass is 556 g/mol. The van der Waals surface area contributed by atoms with Crippen LogP contribution in [-0.2, 0) is 9.84 Å². The molecule has 0 saturated heterocycles. The minimum atomic E-state index is -4.30. The third kappa shape index (κ3) is 5.34. The molecule has 0 aliphatic rings. The second kappa shape index (κ2) is 10.7. The highest BCUT2D eigenvalue weighted by atomic mass is 35.5. The standard InChI is InChI=1S/C26H18Cl2N2O6S/c27-23-15-19(29(31)32)11-13-21(23)25(17-7-3-1-4-8-17)37(35,36)26(18-9-5-2-6-10-18)22-14-12-20(30(33)34)16-24(22)28/h1-16,25-26H. The van der Waals surface area contributed by atoms with Crippen molar-refractivity contribution >= 4 is 44.4 Å². The highest BCUT2D eigenvalue weighted by Crippen LogP contribution is 2.46. The molecule has 0 aromatic heterocycles. The second-order valence-electron chi connectivity index (χ2n) is 8.10. The van der Waals surface area contributed by atoms with Crippen LogP contribution in [0.1, 0.15) is 32.8 Å². The van der Waals surface area contributed by atoms with Gasteiger partial charge in [0.25, 0.3) is 11.4 Å². The van der Waals surface area contributed by atoms with E-state index < -0.39 is 30.2 Å². The Morgan fingerprint density at radius 2 is 0.946 bits per heavy atom. The molecule has 188 valence electrons. The van der Waals surface area contributed by atoms with E-state index in [1.54, 1.807) is 60.7 Å². The SMILES string of the molecule is O=[N+]([O-])c1ccc(C(c2ccccc2)S(=O)(=O)C(c2ccccc2)c2ccc([N+](=O)[O-])cc2Cl)c(Cl)c1. The number of nitro groups is 2. The Morgan fingerprint density at radius 1 is 0.595 bits per heavy atom. The smallest absolute Gasteiger partial charge is 0.258 e.